The fourth-order valence-corrected chi connectivity index (χ4v) is 6.76. The Kier molecular flexibility index (Phi) is 12.8. The third-order valence-electron chi connectivity index (χ3n) is 9.97. The van der Waals surface area contributed by atoms with Gasteiger partial charge in [0, 0.05) is 56.4 Å². The van der Waals surface area contributed by atoms with Gasteiger partial charge < -0.3 is 31.1 Å². The second-order valence-electron chi connectivity index (χ2n) is 15.7. The summed E-state index contributed by atoms with van der Waals surface area (Å²) in [6, 6.07) is 6.72. The Bertz CT molecular complexity index is 2030. The Balaban J connectivity index is 1.20. The van der Waals surface area contributed by atoms with Crippen molar-refractivity contribution in [1.82, 2.24) is 40.7 Å². The predicted octanol–water partition coefficient (Wildman–Crippen LogP) is 3.04. The lowest BCUT2D eigenvalue weighted by atomic mass is 9.99. The van der Waals surface area contributed by atoms with Crippen molar-refractivity contribution >= 4 is 58.7 Å². The first kappa shape index (κ1) is 42.0. The van der Waals surface area contributed by atoms with E-state index in [-0.39, 0.29) is 36.5 Å². The first-order chi connectivity index (χ1) is 26.9. The van der Waals surface area contributed by atoms with Crippen LogP contribution in [0.15, 0.2) is 42.7 Å². The van der Waals surface area contributed by atoms with Gasteiger partial charge in [0.2, 0.25) is 29.6 Å². The minimum Gasteiger partial charge on any atom is -0.347 e. The Morgan fingerprint density at radius 1 is 1.02 bits per heavy atom. The van der Waals surface area contributed by atoms with Gasteiger partial charge >= 0.3 is 6.03 Å². The van der Waals surface area contributed by atoms with Crippen molar-refractivity contribution in [3.05, 3.63) is 65.1 Å². The summed E-state index contributed by atoms with van der Waals surface area (Å²) < 4.78 is 0. The Labute approximate surface area is 333 Å². The van der Waals surface area contributed by atoms with Gasteiger partial charge in [0.25, 0.3) is 5.91 Å². The number of amides is 7. The number of aromatic nitrogens is 3. The van der Waals surface area contributed by atoms with Crippen LogP contribution in [0, 0.1) is 19.8 Å². The number of nitrogens with zero attached hydrogens (tertiary/aromatic N) is 7. The van der Waals surface area contributed by atoms with Crippen LogP contribution in [0.3, 0.4) is 0 Å². The maximum Gasteiger partial charge on any atom is 0.330 e. The number of aryl methyl sites for hydroxylation is 2. The molecule has 3 aromatic rings. The summed E-state index contributed by atoms with van der Waals surface area (Å²) in [4.78, 5) is 99.1. The number of benzene rings is 1. The average molecular weight is 784 g/mol. The molecule has 4 heterocycles. The number of nitrogens with one attached hydrogen (secondary N) is 4. The monoisotopic (exact) mass is 783 g/mol. The molecule has 1 fully saturated rings. The molecule has 2 aliphatic heterocycles. The molecule has 1 unspecified atom stereocenters. The average Bonchev–Trinajstić information content (AvgIpc) is 3.66. The van der Waals surface area contributed by atoms with Gasteiger partial charge in [-0.3, -0.25) is 38.8 Å². The van der Waals surface area contributed by atoms with Gasteiger partial charge in [-0.05, 0) is 82.7 Å². The summed E-state index contributed by atoms with van der Waals surface area (Å²) in [6.07, 6.45) is 4.70. The van der Waals surface area contributed by atoms with Gasteiger partial charge in [-0.1, -0.05) is 19.9 Å². The molecule has 0 spiro atoms. The fraction of sp³-hybridized carbons (Fsp3) is 0.475. The second-order valence-corrected chi connectivity index (χ2v) is 15.7. The summed E-state index contributed by atoms with van der Waals surface area (Å²) in [5.74, 6) is -1.36. The minimum absolute atomic E-state index is 0.138. The Morgan fingerprint density at radius 3 is 2.42 bits per heavy atom. The first-order valence-electron chi connectivity index (χ1n) is 19.0. The second kappa shape index (κ2) is 17.3. The zero-order chi connectivity index (χ0) is 41.8. The maximum atomic E-state index is 13.7. The largest absolute Gasteiger partial charge is 0.347 e. The first-order valence-corrected chi connectivity index (χ1v) is 19.0. The van der Waals surface area contributed by atoms with Crippen LogP contribution in [0.2, 0.25) is 0 Å². The summed E-state index contributed by atoms with van der Waals surface area (Å²) in [5.41, 5.74) is 2.39. The molecule has 1 aromatic carbocycles. The third kappa shape index (κ3) is 9.82. The topological polar surface area (TPSA) is 202 Å². The van der Waals surface area contributed by atoms with Gasteiger partial charge in [0.05, 0.1) is 25.0 Å². The van der Waals surface area contributed by atoms with E-state index >= 15 is 0 Å². The van der Waals surface area contributed by atoms with Crippen LogP contribution in [0.1, 0.15) is 74.1 Å². The number of carbonyl (C=O) groups is 6. The molecular formula is C40H53N11O6. The zero-order valence-electron chi connectivity index (χ0n) is 34.1. The number of hydrogen-bond donors (Lipinski definition) is 4. The molecule has 17 nitrogen and oxygen atoms in total. The SMILES string of the molecule is Cc1ccc(Nc2ncc3c(n2)N(C)C(=O)N(c2cc(C(=O)NCC(=O)N4CCC[C@H]4C(=O)NC(C)(C)C(=O)NC(CC(C)C)C(=O)N(C)C)ccc2C)C3)cn1. The van der Waals surface area contributed by atoms with Gasteiger partial charge in [-0.2, -0.15) is 4.98 Å². The summed E-state index contributed by atoms with van der Waals surface area (Å²) in [7, 11) is 4.85. The number of rotatable bonds is 13. The molecule has 2 aliphatic rings. The molecular weight excluding hydrogens is 731 g/mol. The minimum atomic E-state index is -1.38. The summed E-state index contributed by atoms with van der Waals surface area (Å²) in [6.45, 7) is 10.8. The molecule has 4 N–H and O–H groups in total. The standard InChI is InChI=1S/C40H53N11O6/c1-23(2)17-29(36(55)48(7)8)45-37(56)40(5,6)47-35(54)30-11-10-16-50(30)32(52)21-42-34(53)26-14-12-24(3)31(18-26)51-22-27-19-43-38(46-33(27)49(9)39(51)57)44-28-15-13-25(4)41-20-28/h12-15,18-20,23,29-30H,10-11,16-17,21-22H2,1-9H3,(H,42,53)(H,45,56)(H,47,54)(H,43,44,46)/t29?,30-/m0/s1. The van der Waals surface area contributed by atoms with Crippen LogP contribution in [0.25, 0.3) is 0 Å². The van der Waals surface area contributed by atoms with Crippen molar-refractivity contribution in [3.63, 3.8) is 0 Å². The number of pyridine rings is 1. The van der Waals surface area contributed by atoms with Crippen molar-refractivity contribution in [1.29, 1.82) is 0 Å². The highest BCUT2D eigenvalue weighted by molar-refractivity contribution is 6.06. The van der Waals surface area contributed by atoms with E-state index in [4.69, 9.17) is 0 Å². The molecule has 304 valence electrons. The van der Waals surface area contributed by atoms with Crippen LogP contribution in [0.5, 0.6) is 0 Å². The lowest BCUT2D eigenvalue weighted by molar-refractivity contribution is -0.141. The van der Waals surface area contributed by atoms with Gasteiger partial charge in [0.1, 0.15) is 23.4 Å². The number of carbonyl (C=O) groups excluding carboxylic acids is 6. The predicted molar refractivity (Wildman–Crippen MR) is 215 cm³/mol. The molecule has 2 aromatic heterocycles. The molecule has 1 saturated heterocycles. The van der Waals surface area contributed by atoms with Crippen molar-refractivity contribution in [2.45, 2.75) is 85.0 Å². The highest BCUT2D eigenvalue weighted by Crippen LogP contribution is 2.32. The van der Waals surface area contributed by atoms with Crippen molar-refractivity contribution in [3.8, 4) is 0 Å². The van der Waals surface area contributed by atoms with E-state index in [1.165, 1.54) is 14.7 Å². The highest BCUT2D eigenvalue weighted by atomic mass is 16.2. The van der Waals surface area contributed by atoms with E-state index in [9.17, 15) is 28.8 Å². The molecule has 0 saturated carbocycles. The molecule has 5 rings (SSSR count). The van der Waals surface area contributed by atoms with E-state index in [1.54, 1.807) is 70.5 Å². The van der Waals surface area contributed by atoms with Crippen LogP contribution in [-0.2, 0) is 25.7 Å². The number of likely N-dealkylation sites (tertiary alicyclic amines) is 1. The zero-order valence-corrected chi connectivity index (χ0v) is 34.1. The van der Waals surface area contributed by atoms with Gasteiger partial charge in [-0.15, -0.1) is 0 Å². The van der Waals surface area contributed by atoms with E-state index in [0.29, 0.717) is 54.5 Å². The number of likely N-dealkylation sites (N-methyl/N-ethyl adjacent to an activating group) is 1. The van der Waals surface area contributed by atoms with Crippen LogP contribution in [0.4, 0.5) is 27.9 Å². The van der Waals surface area contributed by atoms with E-state index in [0.717, 1.165) is 11.3 Å². The molecule has 17 heteroatoms. The highest BCUT2D eigenvalue weighted by Gasteiger charge is 2.40. The number of hydrogen-bond acceptors (Lipinski definition) is 10. The molecule has 0 bridgehead atoms. The summed E-state index contributed by atoms with van der Waals surface area (Å²) in [5, 5.41) is 11.3. The Hall–Kier alpha value is -6.13. The van der Waals surface area contributed by atoms with Crippen LogP contribution in [-0.4, -0.2) is 112 Å². The van der Waals surface area contributed by atoms with Crippen LogP contribution < -0.4 is 31.1 Å². The van der Waals surface area contributed by atoms with Crippen LogP contribution >= 0.6 is 0 Å². The number of urea groups is 1. The van der Waals surface area contributed by atoms with E-state index < -0.39 is 41.3 Å². The lowest BCUT2D eigenvalue weighted by Crippen LogP contribution is -2.61. The molecule has 0 aliphatic carbocycles. The molecule has 57 heavy (non-hydrogen) atoms. The smallest absolute Gasteiger partial charge is 0.330 e. The fourth-order valence-electron chi connectivity index (χ4n) is 6.76. The van der Waals surface area contributed by atoms with Crippen molar-refractivity contribution in [2.75, 3.05) is 49.3 Å². The summed E-state index contributed by atoms with van der Waals surface area (Å²) >= 11 is 0. The Morgan fingerprint density at radius 2 is 1.75 bits per heavy atom. The number of anilines is 4. The van der Waals surface area contributed by atoms with E-state index in [2.05, 4.69) is 36.2 Å². The molecule has 7 amide bonds. The van der Waals surface area contributed by atoms with Crippen molar-refractivity contribution < 1.29 is 28.8 Å². The van der Waals surface area contributed by atoms with Crippen molar-refractivity contribution in [2.24, 2.45) is 5.92 Å². The van der Waals surface area contributed by atoms with Gasteiger partial charge in [0.15, 0.2) is 0 Å². The third-order valence-corrected chi connectivity index (χ3v) is 9.97. The van der Waals surface area contributed by atoms with Gasteiger partial charge in [-0.25, -0.2) is 9.78 Å². The number of fused-ring (bicyclic) bond motifs is 1. The normalized spacial score (nSPS) is 15.9. The molecule has 2 atom stereocenters. The van der Waals surface area contributed by atoms with E-state index in [1.807, 2.05) is 39.8 Å². The lowest BCUT2D eigenvalue weighted by Gasteiger charge is -2.35. The maximum absolute atomic E-state index is 13.7. The molecule has 0 radical (unpaired) electrons. The quantitative estimate of drug-likeness (QED) is 0.200.